The van der Waals surface area contributed by atoms with Crippen molar-refractivity contribution in [1.82, 2.24) is 15.0 Å². The van der Waals surface area contributed by atoms with Crippen LogP contribution in [0.1, 0.15) is 12.0 Å². The Kier molecular flexibility index (Phi) is 5.30. The molecular weight excluding hydrogens is 342 g/mol. The Labute approximate surface area is 157 Å². The van der Waals surface area contributed by atoms with Crippen molar-refractivity contribution in [2.45, 2.75) is 23.2 Å². The molecule has 1 fully saturated rings. The highest BCUT2D eigenvalue weighted by atomic mass is 32.2. The average Bonchev–Trinajstić information content (AvgIpc) is 3.17. The lowest BCUT2D eigenvalue weighted by atomic mass is 10.2. The number of benzene rings is 1. The molecule has 3 aromatic rings. The van der Waals surface area contributed by atoms with E-state index < -0.39 is 0 Å². The molecule has 1 unspecified atom stereocenters. The van der Waals surface area contributed by atoms with E-state index in [4.69, 9.17) is 4.98 Å². The monoisotopic (exact) mass is 363 g/mol. The quantitative estimate of drug-likeness (QED) is 0.671. The van der Waals surface area contributed by atoms with Crippen LogP contribution in [0.15, 0.2) is 72.1 Å². The fourth-order valence-corrected chi connectivity index (χ4v) is 3.86. The summed E-state index contributed by atoms with van der Waals surface area (Å²) in [6.45, 7) is 1.94. The second-order valence-electron chi connectivity index (χ2n) is 6.28. The lowest BCUT2D eigenvalue weighted by molar-refractivity contribution is 0.794. The van der Waals surface area contributed by atoms with Crippen LogP contribution >= 0.6 is 11.8 Å². The summed E-state index contributed by atoms with van der Waals surface area (Å²) in [6.07, 6.45) is 6.54. The van der Waals surface area contributed by atoms with E-state index in [1.807, 2.05) is 30.6 Å². The zero-order valence-corrected chi connectivity index (χ0v) is 15.3. The van der Waals surface area contributed by atoms with Crippen LogP contribution < -0.4 is 10.2 Å². The summed E-state index contributed by atoms with van der Waals surface area (Å²) >= 11 is 1.71. The number of hydrogen-bond donors (Lipinski definition) is 1. The maximum atomic E-state index is 4.70. The summed E-state index contributed by atoms with van der Waals surface area (Å²) < 4.78 is 0. The van der Waals surface area contributed by atoms with Crippen molar-refractivity contribution >= 4 is 23.4 Å². The highest BCUT2D eigenvalue weighted by Crippen LogP contribution is 2.23. The van der Waals surface area contributed by atoms with E-state index in [2.05, 4.69) is 50.5 Å². The first kappa shape index (κ1) is 16.8. The van der Waals surface area contributed by atoms with Crippen LogP contribution in [0.4, 0.5) is 11.6 Å². The van der Waals surface area contributed by atoms with Crippen LogP contribution in [0.2, 0.25) is 0 Å². The number of aromatic nitrogens is 3. The van der Waals surface area contributed by atoms with Crippen LogP contribution in [-0.2, 0) is 5.75 Å². The summed E-state index contributed by atoms with van der Waals surface area (Å²) in [7, 11) is 0. The Morgan fingerprint density at radius 3 is 2.81 bits per heavy atom. The first-order valence-corrected chi connectivity index (χ1v) is 9.77. The zero-order chi connectivity index (χ0) is 17.6. The molecule has 1 aliphatic rings. The topological polar surface area (TPSA) is 53.9 Å². The van der Waals surface area contributed by atoms with Gasteiger partial charge in [-0.25, -0.2) is 9.97 Å². The van der Waals surface area contributed by atoms with Crippen molar-refractivity contribution in [2.75, 3.05) is 23.3 Å². The number of hydrogen-bond acceptors (Lipinski definition) is 6. The molecule has 2 aromatic heterocycles. The van der Waals surface area contributed by atoms with Gasteiger partial charge in [0.25, 0.3) is 0 Å². The van der Waals surface area contributed by atoms with E-state index in [1.54, 1.807) is 18.0 Å². The molecule has 26 heavy (non-hydrogen) atoms. The third-order valence-corrected chi connectivity index (χ3v) is 5.33. The van der Waals surface area contributed by atoms with Gasteiger partial charge in [-0.2, -0.15) is 0 Å². The summed E-state index contributed by atoms with van der Waals surface area (Å²) in [4.78, 5) is 15.8. The van der Waals surface area contributed by atoms with Crippen LogP contribution in [0.5, 0.6) is 0 Å². The molecule has 3 heterocycles. The van der Waals surface area contributed by atoms with Gasteiger partial charge in [0.1, 0.15) is 16.7 Å². The maximum absolute atomic E-state index is 4.70. The predicted octanol–water partition coefficient (Wildman–Crippen LogP) is 3.85. The number of thioether (sulfide) groups is 1. The first-order valence-electron chi connectivity index (χ1n) is 8.78. The van der Waals surface area contributed by atoms with E-state index in [0.29, 0.717) is 6.04 Å². The minimum Gasteiger partial charge on any atom is -0.364 e. The minimum atomic E-state index is 0.362. The van der Waals surface area contributed by atoms with Crippen LogP contribution in [0, 0.1) is 0 Å². The Balaban J connectivity index is 1.34. The SMILES string of the molecule is c1ccc(CSc2cncc(NC3CCN(c4ccccn4)C3)n2)cc1. The van der Waals surface area contributed by atoms with Gasteiger partial charge < -0.3 is 10.2 Å². The van der Waals surface area contributed by atoms with Crippen LogP contribution in [0.3, 0.4) is 0 Å². The van der Waals surface area contributed by atoms with Crippen molar-refractivity contribution < 1.29 is 0 Å². The average molecular weight is 363 g/mol. The van der Waals surface area contributed by atoms with Crippen LogP contribution in [-0.4, -0.2) is 34.1 Å². The third-order valence-electron chi connectivity index (χ3n) is 4.36. The van der Waals surface area contributed by atoms with Gasteiger partial charge >= 0.3 is 0 Å². The molecule has 0 saturated carbocycles. The van der Waals surface area contributed by atoms with E-state index >= 15 is 0 Å². The molecule has 1 aliphatic heterocycles. The number of nitrogens with one attached hydrogen (secondary N) is 1. The van der Waals surface area contributed by atoms with Crippen molar-refractivity contribution in [3.05, 3.63) is 72.7 Å². The summed E-state index contributed by atoms with van der Waals surface area (Å²) in [5.74, 6) is 2.78. The van der Waals surface area contributed by atoms with Crippen molar-refractivity contribution in [2.24, 2.45) is 0 Å². The van der Waals surface area contributed by atoms with Crippen molar-refractivity contribution in [3.8, 4) is 0 Å². The second kappa shape index (κ2) is 8.19. The van der Waals surface area contributed by atoms with Gasteiger partial charge in [0.2, 0.25) is 0 Å². The normalized spacial score (nSPS) is 16.6. The van der Waals surface area contributed by atoms with Gasteiger partial charge in [-0.1, -0.05) is 36.4 Å². The fourth-order valence-electron chi connectivity index (χ4n) is 3.05. The van der Waals surface area contributed by atoms with Gasteiger partial charge in [-0.3, -0.25) is 4.98 Å². The molecule has 0 aliphatic carbocycles. The molecule has 4 rings (SSSR count). The summed E-state index contributed by atoms with van der Waals surface area (Å²) in [6, 6.07) is 16.8. The highest BCUT2D eigenvalue weighted by Gasteiger charge is 2.23. The van der Waals surface area contributed by atoms with Gasteiger partial charge in [0.05, 0.1) is 12.4 Å². The number of nitrogens with zero attached hydrogens (tertiary/aromatic N) is 4. The zero-order valence-electron chi connectivity index (χ0n) is 14.5. The lowest BCUT2D eigenvalue weighted by Gasteiger charge is -2.18. The summed E-state index contributed by atoms with van der Waals surface area (Å²) in [5, 5.41) is 4.47. The van der Waals surface area contributed by atoms with E-state index in [-0.39, 0.29) is 0 Å². The Morgan fingerprint density at radius 2 is 1.96 bits per heavy atom. The molecule has 0 spiro atoms. The first-order chi connectivity index (χ1) is 12.9. The summed E-state index contributed by atoms with van der Waals surface area (Å²) in [5.41, 5.74) is 1.29. The molecular formula is C20H21N5S. The van der Waals surface area contributed by atoms with Crippen molar-refractivity contribution in [1.29, 1.82) is 0 Å². The van der Waals surface area contributed by atoms with Gasteiger partial charge in [0.15, 0.2) is 0 Å². The van der Waals surface area contributed by atoms with E-state index in [1.165, 1.54) is 5.56 Å². The molecule has 6 heteroatoms. The van der Waals surface area contributed by atoms with Gasteiger partial charge in [-0.15, -0.1) is 11.8 Å². The predicted molar refractivity (Wildman–Crippen MR) is 107 cm³/mol. The van der Waals surface area contributed by atoms with Crippen LogP contribution in [0.25, 0.3) is 0 Å². The van der Waals surface area contributed by atoms with E-state index in [0.717, 1.165) is 41.9 Å². The minimum absolute atomic E-state index is 0.362. The molecule has 0 amide bonds. The number of anilines is 2. The Morgan fingerprint density at radius 1 is 1.08 bits per heavy atom. The Hall–Kier alpha value is -2.60. The van der Waals surface area contributed by atoms with Gasteiger partial charge in [-0.05, 0) is 24.1 Å². The Bertz CT molecular complexity index is 828. The maximum Gasteiger partial charge on any atom is 0.146 e. The highest BCUT2D eigenvalue weighted by molar-refractivity contribution is 7.98. The molecule has 0 bridgehead atoms. The largest absolute Gasteiger partial charge is 0.364 e. The molecule has 0 radical (unpaired) electrons. The standard InChI is InChI=1S/C20H21N5S/c1-2-6-16(7-3-1)15-26-20-13-21-12-18(24-20)23-17-9-11-25(14-17)19-8-4-5-10-22-19/h1-8,10,12-13,17H,9,11,14-15H2,(H,23,24). The van der Waals surface area contributed by atoms with Gasteiger partial charge in [0, 0.05) is 31.1 Å². The fraction of sp³-hybridized carbons (Fsp3) is 0.250. The molecule has 1 N–H and O–H groups in total. The molecule has 1 saturated heterocycles. The van der Waals surface area contributed by atoms with Crippen molar-refractivity contribution in [3.63, 3.8) is 0 Å². The third kappa shape index (κ3) is 4.32. The van der Waals surface area contributed by atoms with E-state index in [9.17, 15) is 0 Å². The molecule has 1 atom stereocenters. The lowest BCUT2D eigenvalue weighted by Crippen LogP contribution is -2.26. The molecule has 132 valence electrons. The molecule has 1 aromatic carbocycles. The smallest absolute Gasteiger partial charge is 0.146 e. The molecule has 5 nitrogen and oxygen atoms in total. The number of pyridine rings is 1. The second-order valence-corrected chi connectivity index (χ2v) is 7.28. The number of rotatable bonds is 6.